The van der Waals surface area contributed by atoms with E-state index in [1.165, 1.54) is 12.1 Å². The van der Waals surface area contributed by atoms with Crippen LogP contribution in [-0.4, -0.2) is 30.7 Å². The molecule has 0 saturated carbocycles. The number of anilines is 1. The number of nitrogens with zero attached hydrogens (tertiary/aromatic N) is 2. The average Bonchev–Trinajstić information content (AvgIpc) is 2.78. The Morgan fingerprint density at radius 1 is 0.935 bits per heavy atom. The Morgan fingerprint density at radius 3 is 2.26 bits per heavy atom. The number of hydrogen-bond acceptors (Lipinski definition) is 6. The Morgan fingerprint density at radius 2 is 1.65 bits per heavy atom. The van der Waals surface area contributed by atoms with Crippen LogP contribution in [0.2, 0.25) is 0 Å². The van der Waals surface area contributed by atoms with E-state index in [1.54, 1.807) is 20.3 Å². The van der Waals surface area contributed by atoms with E-state index >= 15 is 0 Å². The molecule has 164 valence electrons. The molecule has 31 heavy (non-hydrogen) atoms. The van der Waals surface area contributed by atoms with E-state index in [1.807, 2.05) is 18.2 Å². The van der Waals surface area contributed by atoms with Crippen LogP contribution >= 0.6 is 0 Å². The van der Waals surface area contributed by atoms with E-state index in [2.05, 4.69) is 15.3 Å². The molecule has 0 saturated heterocycles. The molecule has 6 nitrogen and oxygen atoms in total. The van der Waals surface area contributed by atoms with Gasteiger partial charge in [0.05, 0.1) is 31.2 Å². The van der Waals surface area contributed by atoms with Crippen LogP contribution in [0, 0.1) is 0 Å². The highest BCUT2D eigenvalue weighted by atomic mass is 19.4. The largest absolute Gasteiger partial charge is 0.493 e. The highest BCUT2D eigenvalue weighted by molar-refractivity contribution is 5.61. The molecule has 9 heteroatoms. The van der Waals surface area contributed by atoms with Gasteiger partial charge < -0.3 is 20.5 Å². The number of nitrogens with one attached hydrogen (secondary N) is 1. The van der Waals surface area contributed by atoms with Gasteiger partial charge in [-0.15, -0.1) is 0 Å². The van der Waals surface area contributed by atoms with E-state index in [0.29, 0.717) is 47.4 Å². The van der Waals surface area contributed by atoms with Gasteiger partial charge in [0.25, 0.3) is 0 Å². The second kappa shape index (κ2) is 9.65. The maximum atomic E-state index is 12.8. The predicted molar refractivity (Wildman–Crippen MR) is 112 cm³/mol. The Hall–Kier alpha value is -3.33. The van der Waals surface area contributed by atoms with Gasteiger partial charge in [-0.25, -0.2) is 9.97 Å². The molecule has 0 atom stereocenters. The van der Waals surface area contributed by atoms with Crippen molar-refractivity contribution in [1.82, 2.24) is 9.97 Å². The van der Waals surface area contributed by atoms with E-state index in [4.69, 9.17) is 15.2 Å². The molecule has 0 amide bonds. The predicted octanol–water partition coefficient (Wildman–Crippen LogP) is 4.29. The van der Waals surface area contributed by atoms with Crippen molar-refractivity contribution >= 4 is 5.95 Å². The zero-order chi connectivity index (χ0) is 22.4. The number of rotatable bonds is 8. The molecule has 3 N–H and O–H groups in total. The van der Waals surface area contributed by atoms with Gasteiger partial charge in [-0.1, -0.05) is 18.2 Å². The molecule has 0 fully saturated rings. The normalized spacial score (nSPS) is 11.3. The van der Waals surface area contributed by atoms with Crippen LogP contribution in [0.4, 0.5) is 19.1 Å². The van der Waals surface area contributed by atoms with Gasteiger partial charge in [-0.3, -0.25) is 0 Å². The van der Waals surface area contributed by atoms with Gasteiger partial charge in [0, 0.05) is 18.7 Å². The minimum absolute atomic E-state index is 0.181. The first-order valence-electron chi connectivity index (χ1n) is 9.54. The number of ether oxygens (including phenoxy) is 2. The van der Waals surface area contributed by atoms with Crippen LogP contribution in [0.5, 0.6) is 11.5 Å². The minimum atomic E-state index is -4.39. The maximum absolute atomic E-state index is 12.8. The molecule has 0 unspecified atom stereocenters. The van der Waals surface area contributed by atoms with Crippen LogP contribution in [0.15, 0.2) is 48.5 Å². The Labute approximate surface area is 178 Å². The second-order valence-corrected chi connectivity index (χ2v) is 6.71. The fourth-order valence-corrected chi connectivity index (χ4v) is 3.01. The topological polar surface area (TPSA) is 82.3 Å². The molecule has 0 aliphatic rings. The van der Waals surface area contributed by atoms with Gasteiger partial charge in [0.1, 0.15) is 0 Å². The van der Waals surface area contributed by atoms with Crippen LogP contribution in [0.1, 0.15) is 16.8 Å². The van der Waals surface area contributed by atoms with Gasteiger partial charge in [0.15, 0.2) is 11.5 Å². The van der Waals surface area contributed by atoms with Crippen molar-refractivity contribution in [3.63, 3.8) is 0 Å². The lowest BCUT2D eigenvalue weighted by Crippen LogP contribution is -2.11. The van der Waals surface area contributed by atoms with Crippen LogP contribution < -0.4 is 20.5 Å². The fourth-order valence-electron chi connectivity index (χ4n) is 3.01. The Bertz CT molecular complexity index is 1020. The Balaban J connectivity index is 1.74. The molecular formula is C22H23F3N4O2. The summed E-state index contributed by atoms with van der Waals surface area (Å²) in [5, 5.41) is 3.15. The Kier molecular flexibility index (Phi) is 6.96. The first-order valence-corrected chi connectivity index (χ1v) is 9.54. The third-order valence-electron chi connectivity index (χ3n) is 4.64. The van der Waals surface area contributed by atoms with Gasteiger partial charge >= 0.3 is 6.18 Å². The SMILES string of the molecule is COc1ccc(CCNc2nc(CN)cc(-c3ccc(C(F)(F)F)cc3)n2)cc1OC. The number of aromatic nitrogens is 2. The zero-order valence-electron chi connectivity index (χ0n) is 17.2. The van der Waals surface area contributed by atoms with E-state index in [0.717, 1.165) is 17.7 Å². The highest BCUT2D eigenvalue weighted by Crippen LogP contribution is 2.31. The third-order valence-corrected chi connectivity index (χ3v) is 4.64. The fraction of sp³-hybridized carbons (Fsp3) is 0.273. The monoisotopic (exact) mass is 432 g/mol. The molecule has 0 radical (unpaired) electrons. The molecule has 0 bridgehead atoms. The molecule has 0 aliphatic heterocycles. The zero-order valence-corrected chi connectivity index (χ0v) is 17.2. The number of methoxy groups -OCH3 is 2. The van der Waals surface area contributed by atoms with Gasteiger partial charge in [-0.05, 0) is 42.3 Å². The van der Waals surface area contributed by atoms with Crippen molar-refractivity contribution < 1.29 is 22.6 Å². The standard InChI is InChI=1S/C22H23F3N4O2/c1-30-19-8-3-14(11-20(19)31-2)9-10-27-21-28-17(13-26)12-18(29-21)15-4-6-16(7-5-15)22(23,24)25/h3-8,11-12H,9-10,13,26H2,1-2H3,(H,27,28,29). The summed E-state index contributed by atoms with van der Waals surface area (Å²) in [6.07, 6.45) is -3.71. The molecule has 2 aromatic carbocycles. The van der Waals surface area contributed by atoms with Crippen LogP contribution in [0.3, 0.4) is 0 Å². The number of hydrogen-bond donors (Lipinski definition) is 2. The van der Waals surface area contributed by atoms with E-state index in [9.17, 15) is 13.2 Å². The molecule has 0 spiro atoms. The van der Waals surface area contributed by atoms with Crippen molar-refractivity contribution in [2.45, 2.75) is 19.1 Å². The molecule has 3 aromatic rings. The van der Waals surface area contributed by atoms with Crippen molar-refractivity contribution in [2.75, 3.05) is 26.1 Å². The summed E-state index contributed by atoms with van der Waals surface area (Å²) in [4.78, 5) is 8.79. The third kappa shape index (κ3) is 5.64. The van der Waals surface area contributed by atoms with Crippen molar-refractivity contribution in [2.24, 2.45) is 5.73 Å². The number of nitrogens with two attached hydrogens (primary N) is 1. The molecule has 1 heterocycles. The van der Waals surface area contributed by atoms with E-state index < -0.39 is 11.7 Å². The number of alkyl halides is 3. The lowest BCUT2D eigenvalue weighted by atomic mass is 10.1. The molecule has 0 aliphatic carbocycles. The van der Waals surface area contributed by atoms with Gasteiger partial charge in [-0.2, -0.15) is 13.2 Å². The van der Waals surface area contributed by atoms with Crippen molar-refractivity contribution in [3.05, 3.63) is 65.4 Å². The smallest absolute Gasteiger partial charge is 0.416 e. The van der Waals surface area contributed by atoms with Crippen molar-refractivity contribution in [1.29, 1.82) is 0 Å². The van der Waals surface area contributed by atoms with Gasteiger partial charge in [0.2, 0.25) is 5.95 Å². The average molecular weight is 432 g/mol. The second-order valence-electron chi connectivity index (χ2n) is 6.71. The van der Waals surface area contributed by atoms with Crippen LogP contribution in [0.25, 0.3) is 11.3 Å². The van der Waals surface area contributed by atoms with E-state index in [-0.39, 0.29) is 6.54 Å². The summed E-state index contributed by atoms with van der Waals surface area (Å²) in [6.45, 7) is 0.719. The van der Waals surface area contributed by atoms with Crippen LogP contribution in [-0.2, 0) is 19.1 Å². The first kappa shape index (κ1) is 22.4. The summed E-state index contributed by atoms with van der Waals surface area (Å²) in [7, 11) is 3.16. The summed E-state index contributed by atoms with van der Waals surface area (Å²) in [5.41, 5.74) is 7.68. The summed E-state index contributed by atoms with van der Waals surface area (Å²) in [6, 6.07) is 12.2. The minimum Gasteiger partial charge on any atom is -0.493 e. The molecular weight excluding hydrogens is 409 g/mol. The number of halogens is 3. The quantitative estimate of drug-likeness (QED) is 0.553. The molecule has 3 rings (SSSR count). The summed E-state index contributed by atoms with van der Waals surface area (Å²) >= 11 is 0. The highest BCUT2D eigenvalue weighted by Gasteiger charge is 2.30. The lowest BCUT2D eigenvalue weighted by Gasteiger charge is -2.12. The lowest BCUT2D eigenvalue weighted by molar-refractivity contribution is -0.137. The first-order chi connectivity index (χ1) is 14.8. The number of benzene rings is 2. The maximum Gasteiger partial charge on any atom is 0.416 e. The summed E-state index contributed by atoms with van der Waals surface area (Å²) < 4.78 is 49.0. The van der Waals surface area contributed by atoms with Crippen molar-refractivity contribution in [3.8, 4) is 22.8 Å². The summed E-state index contributed by atoms with van der Waals surface area (Å²) in [5.74, 6) is 1.66. The molecule has 1 aromatic heterocycles.